The Hall–Kier alpha value is -2.26. The number of amides is 1. The first-order chi connectivity index (χ1) is 11.1. The Kier molecular flexibility index (Phi) is 4.39. The second kappa shape index (κ2) is 6.47. The van der Waals surface area contributed by atoms with Crippen molar-refractivity contribution in [2.24, 2.45) is 10.2 Å². The highest BCUT2D eigenvalue weighted by molar-refractivity contribution is 6.34. The van der Waals surface area contributed by atoms with Gasteiger partial charge in [0.15, 0.2) is 17.2 Å². The van der Waals surface area contributed by atoms with Crippen molar-refractivity contribution in [2.75, 3.05) is 18.5 Å². The van der Waals surface area contributed by atoms with Crippen LogP contribution in [-0.2, 0) is 4.79 Å². The molecule has 0 aliphatic carbocycles. The number of hydrogen-bond donors (Lipinski definition) is 1. The van der Waals surface area contributed by atoms with E-state index in [0.717, 1.165) is 0 Å². The largest absolute Gasteiger partial charge is 0.486 e. The minimum Gasteiger partial charge on any atom is -0.486 e. The topological polar surface area (TPSA) is 72.3 Å². The summed E-state index contributed by atoms with van der Waals surface area (Å²) in [7, 11) is 0. The van der Waals surface area contributed by atoms with Gasteiger partial charge in [0.2, 0.25) is 5.91 Å². The van der Waals surface area contributed by atoms with Gasteiger partial charge in [-0.25, -0.2) is 0 Å². The Morgan fingerprint density at radius 2 is 2.00 bits per heavy atom. The van der Waals surface area contributed by atoms with Crippen molar-refractivity contribution in [3.63, 3.8) is 0 Å². The number of nitrogens with one attached hydrogen (secondary N) is 1. The Balaban J connectivity index is 1.57. The molecular formula is C16H16ClN3O3. The third kappa shape index (κ3) is 3.74. The summed E-state index contributed by atoms with van der Waals surface area (Å²) in [6, 6.07) is 3.32. The van der Waals surface area contributed by atoms with Gasteiger partial charge in [0.1, 0.15) is 13.2 Å². The van der Waals surface area contributed by atoms with Crippen molar-refractivity contribution in [2.45, 2.75) is 31.3 Å². The van der Waals surface area contributed by atoms with Crippen molar-refractivity contribution < 1.29 is 14.3 Å². The molecule has 0 bridgehead atoms. The fourth-order valence-electron chi connectivity index (χ4n) is 2.35. The number of nitrogens with zero attached hydrogens (tertiary/aromatic N) is 2. The molecule has 120 valence electrons. The summed E-state index contributed by atoms with van der Waals surface area (Å²) in [4.78, 5) is 12.1. The Labute approximate surface area is 139 Å². The third-order valence-electron chi connectivity index (χ3n) is 3.71. The van der Waals surface area contributed by atoms with Crippen LogP contribution in [0.25, 0.3) is 0 Å². The van der Waals surface area contributed by atoms with Gasteiger partial charge in [-0.1, -0.05) is 11.6 Å². The zero-order valence-corrected chi connectivity index (χ0v) is 13.2. The molecule has 3 rings (SSSR count). The molecule has 1 N–H and O–H groups in total. The van der Waals surface area contributed by atoms with Crippen molar-refractivity contribution in [1.82, 2.24) is 0 Å². The van der Waals surface area contributed by atoms with Gasteiger partial charge in [-0.2, -0.15) is 10.2 Å². The highest BCUT2D eigenvalue weighted by Gasteiger charge is 2.39. The molecule has 1 aromatic carbocycles. The fraction of sp³-hybridized carbons (Fsp3) is 0.438. The zero-order valence-electron chi connectivity index (χ0n) is 12.5. The zero-order chi connectivity index (χ0) is 16.3. The summed E-state index contributed by atoms with van der Waals surface area (Å²) >= 11 is 6.17. The third-order valence-corrected chi connectivity index (χ3v) is 4.02. The molecule has 1 aromatic rings. The number of halogens is 1. The van der Waals surface area contributed by atoms with Gasteiger partial charge in [-0.05, 0) is 0 Å². The van der Waals surface area contributed by atoms with E-state index in [4.69, 9.17) is 27.5 Å². The molecule has 2 aliphatic heterocycles. The van der Waals surface area contributed by atoms with Crippen LogP contribution in [-0.4, -0.2) is 24.8 Å². The maximum absolute atomic E-state index is 12.1. The normalized spacial score (nSPS) is 16.5. The van der Waals surface area contributed by atoms with Gasteiger partial charge in [-0.15, -0.1) is 12.3 Å². The number of carbonyl (C=O) groups is 1. The van der Waals surface area contributed by atoms with Crippen LogP contribution >= 0.6 is 11.6 Å². The van der Waals surface area contributed by atoms with Crippen molar-refractivity contribution in [3.05, 3.63) is 17.2 Å². The molecule has 7 heteroatoms. The van der Waals surface area contributed by atoms with E-state index in [1.54, 1.807) is 12.1 Å². The van der Waals surface area contributed by atoms with Crippen LogP contribution in [0.3, 0.4) is 0 Å². The fourth-order valence-corrected chi connectivity index (χ4v) is 2.56. The van der Waals surface area contributed by atoms with E-state index in [-0.39, 0.29) is 5.91 Å². The highest BCUT2D eigenvalue weighted by Crippen LogP contribution is 2.39. The molecule has 0 unspecified atom stereocenters. The predicted octanol–water partition coefficient (Wildman–Crippen LogP) is 3.41. The smallest absolute Gasteiger partial charge is 0.224 e. The number of terminal acetylenes is 1. The molecule has 0 atom stereocenters. The lowest BCUT2D eigenvalue weighted by Crippen LogP contribution is -2.19. The van der Waals surface area contributed by atoms with Gasteiger partial charge in [0.25, 0.3) is 0 Å². The Morgan fingerprint density at radius 1 is 1.30 bits per heavy atom. The monoisotopic (exact) mass is 333 g/mol. The van der Waals surface area contributed by atoms with E-state index in [1.807, 2.05) is 0 Å². The van der Waals surface area contributed by atoms with Crippen LogP contribution in [0.2, 0.25) is 5.02 Å². The molecule has 2 heterocycles. The van der Waals surface area contributed by atoms with Crippen LogP contribution in [0.1, 0.15) is 25.7 Å². The Bertz CT molecular complexity index is 691. The van der Waals surface area contributed by atoms with Gasteiger partial charge >= 0.3 is 0 Å². The van der Waals surface area contributed by atoms with Gasteiger partial charge in [0, 0.05) is 37.8 Å². The molecule has 0 spiro atoms. The number of carbonyl (C=O) groups excluding carboxylic acids is 1. The summed E-state index contributed by atoms with van der Waals surface area (Å²) in [5.41, 5.74) is 0.0450. The summed E-state index contributed by atoms with van der Waals surface area (Å²) in [5, 5.41) is 11.2. The summed E-state index contributed by atoms with van der Waals surface area (Å²) in [5.74, 6) is 3.58. The number of anilines is 1. The number of benzene rings is 1. The molecule has 0 saturated heterocycles. The molecule has 0 fully saturated rings. The molecule has 6 nitrogen and oxygen atoms in total. The second-order valence-electron chi connectivity index (χ2n) is 5.41. The van der Waals surface area contributed by atoms with Crippen LogP contribution in [0, 0.1) is 12.3 Å². The van der Waals surface area contributed by atoms with Crippen LogP contribution in [0.5, 0.6) is 11.5 Å². The standard InChI is InChI=1S/C16H16ClN3O3/c1-2-3-5-16(19-20-16)6-4-15(21)18-12-10-14-13(9-11(12)17)22-7-8-23-14/h1,9-10H,3-8H2,(H,18,21). The average molecular weight is 334 g/mol. The molecule has 0 saturated carbocycles. The minimum absolute atomic E-state index is 0.152. The molecule has 0 radical (unpaired) electrons. The van der Waals surface area contributed by atoms with Gasteiger partial charge < -0.3 is 14.8 Å². The van der Waals surface area contributed by atoms with Gasteiger partial charge in [-0.3, -0.25) is 4.79 Å². The first-order valence-electron chi connectivity index (χ1n) is 7.38. The number of fused-ring (bicyclic) bond motifs is 1. The van der Waals surface area contributed by atoms with Crippen LogP contribution < -0.4 is 14.8 Å². The predicted molar refractivity (Wildman–Crippen MR) is 86.0 cm³/mol. The Morgan fingerprint density at radius 3 is 2.65 bits per heavy atom. The number of hydrogen-bond acceptors (Lipinski definition) is 5. The second-order valence-corrected chi connectivity index (χ2v) is 5.82. The van der Waals surface area contributed by atoms with Crippen molar-refractivity contribution in [1.29, 1.82) is 0 Å². The maximum Gasteiger partial charge on any atom is 0.224 e. The molecular weight excluding hydrogens is 318 g/mol. The molecule has 1 amide bonds. The summed E-state index contributed by atoms with van der Waals surface area (Å²) in [6.45, 7) is 0.963. The van der Waals surface area contributed by atoms with Crippen molar-refractivity contribution in [3.8, 4) is 23.8 Å². The summed E-state index contributed by atoms with van der Waals surface area (Å²) < 4.78 is 10.9. The van der Waals surface area contributed by atoms with Crippen LogP contribution in [0.15, 0.2) is 22.4 Å². The van der Waals surface area contributed by atoms with E-state index in [1.165, 1.54) is 0 Å². The SMILES string of the molecule is C#CCCC1(CCC(=O)Nc2cc3c(cc2Cl)OCCO3)N=N1. The maximum atomic E-state index is 12.1. The van der Waals surface area contributed by atoms with Crippen LogP contribution in [0.4, 0.5) is 5.69 Å². The lowest BCUT2D eigenvalue weighted by atomic mass is 10.0. The van der Waals surface area contributed by atoms with Crippen molar-refractivity contribution >= 4 is 23.2 Å². The van der Waals surface area contributed by atoms with E-state index >= 15 is 0 Å². The van der Waals surface area contributed by atoms with Gasteiger partial charge in [0.05, 0.1) is 10.7 Å². The van der Waals surface area contributed by atoms with E-state index < -0.39 is 5.66 Å². The molecule has 23 heavy (non-hydrogen) atoms. The summed E-state index contributed by atoms with van der Waals surface area (Å²) in [6.07, 6.45) is 7.36. The lowest BCUT2D eigenvalue weighted by molar-refractivity contribution is -0.116. The number of ether oxygens (including phenoxy) is 2. The molecule has 0 aromatic heterocycles. The van der Waals surface area contributed by atoms with E-state index in [9.17, 15) is 4.79 Å². The highest BCUT2D eigenvalue weighted by atomic mass is 35.5. The first-order valence-corrected chi connectivity index (χ1v) is 7.76. The first kappa shape index (κ1) is 15.6. The quantitative estimate of drug-likeness (QED) is 0.811. The molecule has 2 aliphatic rings. The minimum atomic E-state index is -0.458. The van der Waals surface area contributed by atoms with E-state index in [2.05, 4.69) is 21.5 Å². The average Bonchev–Trinajstić information content (AvgIpc) is 3.32. The lowest BCUT2D eigenvalue weighted by Gasteiger charge is -2.20. The van der Waals surface area contributed by atoms with E-state index in [0.29, 0.717) is 61.1 Å². The number of rotatable bonds is 6.